The molecule has 146 valence electrons. The molecule has 0 atom stereocenters. The summed E-state index contributed by atoms with van der Waals surface area (Å²) in [6.07, 6.45) is 1.48. The SMILES string of the molecule is C=C(C#N)CNc1c(OC)ccc2ccc(-c3cc(C(=O)NC)c(N)cn3)cc12. The zero-order valence-corrected chi connectivity index (χ0v) is 16.2. The van der Waals surface area contributed by atoms with Gasteiger partial charge in [0.05, 0.1) is 42.0 Å². The van der Waals surface area contributed by atoms with Crippen molar-refractivity contribution >= 4 is 28.1 Å². The van der Waals surface area contributed by atoms with Gasteiger partial charge < -0.3 is 21.1 Å². The van der Waals surface area contributed by atoms with Gasteiger partial charge in [0, 0.05) is 30.1 Å². The number of benzene rings is 2. The number of pyridine rings is 1. The predicted octanol–water partition coefficient (Wildman–Crippen LogP) is 3.34. The molecule has 7 nitrogen and oxygen atoms in total. The number of fused-ring (bicyclic) bond motifs is 1. The first-order chi connectivity index (χ1) is 14.0. The third-order valence-electron chi connectivity index (χ3n) is 4.54. The number of nitriles is 1. The second-order valence-corrected chi connectivity index (χ2v) is 6.38. The van der Waals surface area contributed by atoms with Crippen LogP contribution in [0.1, 0.15) is 10.4 Å². The maximum atomic E-state index is 12.1. The molecule has 0 aliphatic heterocycles. The number of nitrogen functional groups attached to an aromatic ring is 1. The third kappa shape index (κ3) is 3.96. The molecule has 3 rings (SSSR count). The monoisotopic (exact) mass is 387 g/mol. The smallest absolute Gasteiger partial charge is 0.253 e. The molecule has 0 unspecified atom stereocenters. The van der Waals surface area contributed by atoms with Gasteiger partial charge in [-0.3, -0.25) is 9.78 Å². The molecule has 1 amide bonds. The second-order valence-electron chi connectivity index (χ2n) is 6.38. The van der Waals surface area contributed by atoms with Gasteiger partial charge in [-0.05, 0) is 23.6 Å². The largest absolute Gasteiger partial charge is 0.495 e. The minimum Gasteiger partial charge on any atom is -0.495 e. The summed E-state index contributed by atoms with van der Waals surface area (Å²) in [6.45, 7) is 4.01. The number of anilines is 2. The van der Waals surface area contributed by atoms with Gasteiger partial charge in [0.2, 0.25) is 0 Å². The Hall–Kier alpha value is -4.05. The maximum Gasteiger partial charge on any atom is 0.253 e. The fraction of sp³-hybridized carbons (Fsp3) is 0.136. The Bertz CT molecular complexity index is 1150. The Balaban J connectivity index is 2.13. The summed E-state index contributed by atoms with van der Waals surface area (Å²) in [5, 5.41) is 16.7. The van der Waals surface area contributed by atoms with Crippen molar-refractivity contribution in [3.8, 4) is 23.1 Å². The van der Waals surface area contributed by atoms with Crippen molar-refractivity contribution in [3.63, 3.8) is 0 Å². The molecule has 1 aromatic heterocycles. The van der Waals surface area contributed by atoms with E-state index in [4.69, 9.17) is 15.7 Å². The van der Waals surface area contributed by atoms with Crippen molar-refractivity contribution in [1.82, 2.24) is 10.3 Å². The zero-order chi connectivity index (χ0) is 21.0. The summed E-state index contributed by atoms with van der Waals surface area (Å²) in [6, 6.07) is 13.4. The van der Waals surface area contributed by atoms with E-state index >= 15 is 0 Å². The van der Waals surface area contributed by atoms with E-state index in [1.54, 1.807) is 20.2 Å². The first kappa shape index (κ1) is 19.7. The molecular formula is C22H21N5O2. The maximum absolute atomic E-state index is 12.1. The highest BCUT2D eigenvalue weighted by molar-refractivity contribution is 6.01. The van der Waals surface area contributed by atoms with Gasteiger partial charge in [-0.2, -0.15) is 5.26 Å². The van der Waals surface area contributed by atoms with Gasteiger partial charge >= 0.3 is 0 Å². The van der Waals surface area contributed by atoms with E-state index in [-0.39, 0.29) is 5.91 Å². The molecule has 4 N–H and O–H groups in total. The highest BCUT2D eigenvalue weighted by Crippen LogP contribution is 2.36. The molecule has 0 radical (unpaired) electrons. The van der Waals surface area contributed by atoms with Crippen LogP contribution < -0.4 is 21.1 Å². The lowest BCUT2D eigenvalue weighted by atomic mass is 10.0. The van der Waals surface area contributed by atoms with Crippen molar-refractivity contribution < 1.29 is 9.53 Å². The van der Waals surface area contributed by atoms with Crippen LogP contribution in [0.15, 0.2) is 54.7 Å². The number of nitrogens with two attached hydrogens (primary N) is 1. The summed E-state index contributed by atoms with van der Waals surface area (Å²) in [4.78, 5) is 16.4. The molecule has 0 aliphatic rings. The molecule has 29 heavy (non-hydrogen) atoms. The number of hydrogen-bond donors (Lipinski definition) is 3. The van der Waals surface area contributed by atoms with Crippen LogP contribution in [-0.2, 0) is 0 Å². The van der Waals surface area contributed by atoms with Crippen molar-refractivity contribution in [1.29, 1.82) is 5.26 Å². The fourth-order valence-electron chi connectivity index (χ4n) is 3.00. The fourth-order valence-corrected chi connectivity index (χ4v) is 3.00. The number of hydrogen-bond acceptors (Lipinski definition) is 6. The molecule has 2 aromatic carbocycles. The van der Waals surface area contributed by atoms with E-state index in [1.807, 2.05) is 36.4 Å². The van der Waals surface area contributed by atoms with E-state index < -0.39 is 0 Å². The first-order valence-electron chi connectivity index (χ1n) is 8.89. The number of carbonyl (C=O) groups excluding carboxylic acids is 1. The standard InChI is InChI=1S/C22H21N5O2/c1-13(10-23)11-27-21-16-8-15(5-4-14(16)6-7-20(21)29-3)19-9-17(22(28)25-2)18(24)12-26-19/h4-9,12,27H,1,11,24H2,2-3H3,(H,25,28). The van der Waals surface area contributed by atoms with Crippen molar-refractivity contribution in [2.45, 2.75) is 0 Å². The van der Waals surface area contributed by atoms with E-state index in [9.17, 15) is 4.79 Å². The van der Waals surface area contributed by atoms with E-state index in [0.717, 1.165) is 22.0 Å². The highest BCUT2D eigenvalue weighted by Gasteiger charge is 2.13. The molecule has 0 saturated carbocycles. The molecule has 7 heteroatoms. The number of nitrogens with zero attached hydrogens (tertiary/aromatic N) is 2. The number of methoxy groups -OCH3 is 1. The second kappa shape index (κ2) is 8.31. The van der Waals surface area contributed by atoms with Gasteiger partial charge in [0.25, 0.3) is 5.91 Å². The number of ether oxygens (including phenoxy) is 1. The number of amides is 1. The minimum atomic E-state index is -0.272. The van der Waals surface area contributed by atoms with E-state index in [0.29, 0.717) is 34.8 Å². The molecular weight excluding hydrogens is 366 g/mol. The summed E-state index contributed by atoms with van der Waals surface area (Å²) >= 11 is 0. The third-order valence-corrected chi connectivity index (χ3v) is 4.54. The van der Waals surface area contributed by atoms with Crippen molar-refractivity contribution in [3.05, 3.63) is 60.3 Å². The van der Waals surface area contributed by atoms with Gasteiger partial charge in [-0.1, -0.05) is 24.8 Å². The van der Waals surface area contributed by atoms with E-state index in [2.05, 4.69) is 22.2 Å². The summed E-state index contributed by atoms with van der Waals surface area (Å²) in [7, 11) is 3.14. The number of aromatic nitrogens is 1. The van der Waals surface area contributed by atoms with Crippen molar-refractivity contribution in [2.24, 2.45) is 0 Å². The van der Waals surface area contributed by atoms with Crippen LogP contribution in [0.4, 0.5) is 11.4 Å². The van der Waals surface area contributed by atoms with Gasteiger partial charge in [-0.25, -0.2) is 0 Å². The summed E-state index contributed by atoms with van der Waals surface area (Å²) in [5.74, 6) is 0.377. The molecule has 1 heterocycles. The molecule has 0 bridgehead atoms. The lowest BCUT2D eigenvalue weighted by Gasteiger charge is -2.15. The van der Waals surface area contributed by atoms with Crippen LogP contribution in [0.2, 0.25) is 0 Å². The van der Waals surface area contributed by atoms with Gasteiger partial charge in [0.1, 0.15) is 5.75 Å². The van der Waals surface area contributed by atoms with Crippen LogP contribution in [0, 0.1) is 11.3 Å². The van der Waals surface area contributed by atoms with Crippen molar-refractivity contribution in [2.75, 3.05) is 31.8 Å². The predicted molar refractivity (Wildman–Crippen MR) is 115 cm³/mol. The lowest BCUT2D eigenvalue weighted by molar-refractivity contribution is 0.0964. The Morgan fingerprint density at radius 2 is 2.07 bits per heavy atom. The average molecular weight is 387 g/mol. The quantitative estimate of drug-likeness (QED) is 0.559. The summed E-state index contributed by atoms with van der Waals surface area (Å²) in [5.41, 5.74) is 9.18. The van der Waals surface area contributed by atoms with Crippen LogP contribution in [0.3, 0.4) is 0 Å². The van der Waals surface area contributed by atoms with Crippen LogP contribution >= 0.6 is 0 Å². The number of carbonyl (C=O) groups is 1. The summed E-state index contributed by atoms with van der Waals surface area (Å²) < 4.78 is 5.49. The zero-order valence-electron chi connectivity index (χ0n) is 16.2. The first-order valence-corrected chi connectivity index (χ1v) is 8.89. The van der Waals surface area contributed by atoms with Crippen LogP contribution in [0.25, 0.3) is 22.0 Å². The average Bonchev–Trinajstić information content (AvgIpc) is 2.76. The molecule has 0 saturated heterocycles. The lowest BCUT2D eigenvalue weighted by Crippen LogP contribution is -2.19. The van der Waals surface area contributed by atoms with Gasteiger partial charge in [-0.15, -0.1) is 0 Å². The number of nitrogens with one attached hydrogen (secondary N) is 2. The molecule has 3 aromatic rings. The van der Waals surface area contributed by atoms with Gasteiger partial charge in [0.15, 0.2) is 0 Å². The topological polar surface area (TPSA) is 113 Å². The molecule has 0 aliphatic carbocycles. The van der Waals surface area contributed by atoms with Crippen LogP contribution in [0.5, 0.6) is 5.75 Å². The Kier molecular flexibility index (Phi) is 5.65. The molecule has 0 fully saturated rings. The molecule has 0 spiro atoms. The Labute approximate surface area is 168 Å². The highest BCUT2D eigenvalue weighted by atomic mass is 16.5. The Morgan fingerprint density at radius 3 is 2.76 bits per heavy atom. The van der Waals surface area contributed by atoms with Crippen LogP contribution in [-0.4, -0.2) is 31.6 Å². The normalized spacial score (nSPS) is 10.2. The Morgan fingerprint density at radius 1 is 1.31 bits per heavy atom. The van der Waals surface area contributed by atoms with E-state index in [1.165, 1.54) is 6.20 Å². The number of rotatable bonds is 6. The minimum absolute atomic E-state index is 0.272.